The summed E-state index contributed by atoms with van der Waals surface area (Å²) in [6, 6.07) is 3.19. The molecule has 0 bridgehead atoms. The molecule has 0 saturated carbocycles. The van der Waals surface area contributed by atoms with Gasteiger partial charge in [0.1, 0.15) is 12.1 Å². The van der Waals surface area contributed by atoms with Gasteiger partial charge in [-0.1, -0.05) is 68.4 Å². The molecule has 0 fully saturated rings. The van der Waals surface area contributed by atoms with Crippen molar-refractivity contribution in [2.75, 3.05) is 0 Å². The van der Waals surface area contributed by atoms with Crippen LogP contribution in [0.15, 0.2) is 18.2 Å². The highest BCUT2D eigenvalue weighted by atomic mass is 16.6. The van der Waals surface area contributed by atoms with Gasteiger partial charge in [0, 0.05) is 18.3 Å². The third-order valence-electron chi connectivity index (χ3n) is 6.02. The number of nitrogens with two attached hydrogens (primary N) is 1. The molecule has 0 aliphatic carbocycles. The number of benzene rings is 1. The van der Waals surface area contributed by atoms with E-state index in [1.165, 1.54) is 12.1 Å². The van der Waals surface area contributed by atoms with Gasteiger partial charge in [0.25, 0.3) is 0 Å². The summed E-state index contributed by atoms with van der Waals surface area (Å²) in [6.07, 6.45) is -0.186. The maximum atomic E-state index is 12.7. The van der Waals surface area contributed by atoms with Gasteiger partial charge in [-0.25, -0.2) is 0 Å². The van der Waals surface area contributed by atoms with Crippen molar-refractivity contribution in [1.82, 2.24) is 0 Å². The molecule has 0 amide bonds. The lowest BCUT2D eigenvalue weighted by Crippen LogP contribution is -2.42. The molecule has 1 aromatic carbocycles. The molecule has 220 valence electrons. The molecule has 0 aliphatic heterocycles. The molecule has 39 heavy (non-hydrogen) atoms. The minimum Gasteiger partial charge on any atom is -0.480 e. The first kappa shape index (κ1) is 34.1. The van der Waals surface area contributed by atoms with Crippen LogP contribution in [-0.2, 0) is 23.9 Å². The summed E-state index contributed by atoms with van der Waals surface area (Å²) in [6.45, 7) is 18.6. The Hall–Kier alpha value is -2.94. The minimum atomic E-state index is -1.35. The molecule has 0 heterocycles. The minimum absolute atomic E-state index is 0.0109. The molecule has 0 radical (unpaired) electrons. The molecule has 3 unspecified atom stereocenters. The van der Waals surface area contributed by atoms with E-state index >= 15 is 0 Å². The average Bonchev–Trinajstić information content (AvgIpc) is 2.71. The van der Waals surface area contributed by atoms with E-state index in [1.54, 1.807) is 19.9 Å². The lowest BCUT2D eigenvalue weighted by atomic mass is 9.79. The highest BCUT2D eigenvalue weighted by Crippen LogP contribution is 2.38. The van der Waals surface area contributed by atoms with Crippen LogP contribution in [-0.4, -0.2) is 41.1 Å². The van der Waals surface area contributed by atoms with Crippen LogP contribution in [0.3, 0.4) is 0 Å². The van der Waals surface area contributed by atoms with Gasteiger partial charge in [-0.05, 0) is 41.4 Å². The summed E-state index contributed by atoms with van der Waals surface area (Å²) in [5, 5.41) is 9.78. The Balaban J connectivity index is 3.49. The van der Waals surface area contributed by atoms with Gasteiger partial charge in [0.05, 0.1) is 12.8 Å². The zero-order chi connectivity index (χ0) is 30.3. The fraction of sp³-hybridized carbons (Fsp3) is 0.667. The fourth-order valence-electron chi connectivity index (χ4n) is 4.06. The molecular weight excluding hydrogens is 502 g/mol. The Kier molecular flexibility index (Phi) is 12.2. The van der Waals surface area contributed by atoms with E-state index < -0.39 is 41.9 Å². The number of rotatable bonds is 12. The highest BCUT2D eigenvalue weighted by Gasteiger charge is 2.36. The smallest absolute Gasteiger partial charge is 0.321 e. The molecule has 3 N–H and O–H groups in total. The van der Waals surface area contributed by atoms with Crippen molar-refractivity contribution in [2.24, 2.45) is 28.4 Å². The van der Waals surface area contributed by atoms with Gasteiger partial charge in [-0.15, -0.1) is 0 Å². The van der Waals surface area contributed by atoms with E-state index in [9.17, 15) is 24.3 Å². The summed E-state index contributed by atoms with van der Waals surface area (Å²) < 4.78 is 16.8. The Morgan fingerprint density at radius 2 is 1.31 bits per heavy atom. The molecule has 9 heteroatoms. The van der Waals surface area contributed by atoms with Crippen LogP contribution >= 0.6 is 0 Å². The quantitative estimate of drug-likeness (QED) is 0.256. The Labute approximate surface area is 232 Å². The number of carboxylic acids is 1. The standard InChI is InChI=1S/C30H47NO8/c1-17(2)13-23(32)37-19(4)18(3)26(27(31)28(35)36)20-11-12-21(38-24(33)15-29(5,6)7)22(14-20)39-25(34)16-30(8,9)10/h11-12,14,17-19,26-27H,13,15-16,31H2,1-10H3,(H,35,36)/t18?,19?,26?,27-/m0/s1. The van der Waals surface area contributed by atoms with Gasteiger partial charge >= 0.3 is 23.9 Å². The van der Waals surface area contributed by atoms with Crippen LogP contribution in [0.2, 0.25) is 0 Å². The SMILES string of the molecule is CC(C)CC(=O)OC(C)C(C)C(c1ccc(OC(=O)CC(C)(C)C)c(OC(=O)CC(C)(C)C)c1)[C@H](N)C(=O)O. The molecule has 0 spiro atoms. The largest absolute Gasteiger partial charge is 0.480 e. The lowest BCUT2D eigenvalue weighted by Gasteiger charge is -2.32. The first-order valence-electron chi connectivity index (χ1n) is 13.4. The lowest BCUT2D eigenvalue weighted by molar-refractivity contribution is -0.152. The molecule has 1 rings (SSSR count). The first-order chi connectivity index (χ1) is 17.7. The molecule has 9 nitrogen and oxygen atoms in total. The zero-order valence-electron chi connectivity index (χ0n) is 25.1. The molecule has 1 aromatic rings. The van der Waals surface area contributed by atoms with Crippen molar-refractivity contribution in [3.8, 4) is 11.5 Å². The number of carbonyl (C=O) groups is 4. The van der Waals surface area contributed by atoms with Gasteiger partial charge < -0.3 is 25.1 Å². The Morgan fingerprint density at radius 1 is 0.821 bits per heavy atom. The number of aliphatic carboxylic acids is 1. The topological polar surface area (TPSA) is 142 Å². The maximum absolute atomic E-state index is 12.7. The van der Waals surface area contributed by atoms with Crippen LogP contribution in [0.1, 0.15) is 100.0 Å². The van der Waals surface area contributed by atoms with Crippen LogP contribution in [0.5, 0.6) is 11.5 Å². The number of hydrogen-bond donors (Lipinski definition) is 2. The van der Waals surface area contributed by atoms with E-state index in [-0.39, 0.29) is 53.5 Å². The van der Waals surface area contributed by atoms with Crippen molar-refractivity contribution in [2.45, 2.75) is 107 Å². The normalized spacial score (nSPS) is 15.2. The maximum Gasteiger partial charge on any atom is 0.321 e. The second-order valence-corrected chi connectivity index (χ2v) is 13.2. The Morgan fingerprint density at radius 3 is 1.74 bits per heavy atom. The molecule has 0 aromatic heterocycles. The summed E-state index contributed by atoms with van der Waals surface area (Å²) in [4.78, 5) is 49.6. The van der Waals surface area contributed by atoms with E-state index in [4.69, 9.17) is 19.9 Å². The van der Waals surface area contributed by atoms with Crippen molar-refractivity contribution in [3.05, 3.63) is 23.8 Å². The average molecular weight is 550 g/mol. The van der Waals surface area contributed by atoms with Gasteiger partial charge in [-0.2, -0.15) is 0 Å². The highest BCUT2D eigenvalue weighted by molar-refractivity contribution is 5.78. The van der Waals surface area contributed by atoms with Gasteiger partial charge in [0.2, 0.25) is 0 Å². The van der Waals surface area contributed by atoms with Crippen LogP contribution < -0.4 is 15.2 Å². The van der Waals surface area contributed by atoms with Crippen LogP contribution in [0, 0.1) is 22.7 Å². The predicted octanol–water partition coefficient (Wildman–Crippen LogP) is 5.48. The monoisotopic (exact) mass is 549 g/mol. The number of carbonyl (C=O) groups excluding carboxylic acids is 3. The molecule has 0 saturated heterocycles. The molecule has 0 aliphatic rings. The van der Waals surface area contributed by atoms with E-state index in [2.05, 4.69) is 0 Å². The zero-order valence-corrected chi connectivity index (χ0v) is 25.1. The van der Waals surface area contributed by atoms with E-state index in [0.29, 0.717) is 5.56 Å². The van der Waals surface area contributed by atoms with Crippen molar-refractivity contribution >= 4 is 23.9 Å². The van der Waals surface area contributed by atoms with E-state index in [1.807, 2.05) is 55.4 Å². The van der Waals surface area contributed by atoms with Crippen molar-refractivity contribution in [1.29, 1.82) is 0 Å². The predicted molar refractivity (Wildman–Crippen MR) is 148 cm³/mol. The van der Waals surface area contributed by atoms with Crippen molar-refractivity contribution in [3.63, 3.8) is 0 Å². The first-order valence-corrected chi connectivity index (χ1v) is 13.4. The summed E-state index contributed by atoms with van der Waals surface area (Å²) in [5.74, 6) is -3.84. The third kappa shape index (κ3) is 12.2. The number of carboxylic acid groups (broad SMARTS) is 1. The van der Waals surface area contributed by atoms with E-state index in [0.717, 1.165) is 0 Å². The van der Waals surface area contributed by atoms with Crippen LogP contribution in [0.4, 0.5) is 0 Å². The summed E-state index contributed by atoms with van der Waals surface area (Å²) in [5.41, 5.74) is 5.90. The fourth-order valence-corrected chi connectivity index (χ4v) is 4.06. The van der Waals surface area contributed by atoms with Gasteiger partial charge in [-0.3, -0.25) is 19.2 Å². The van der Waals surface area contributed by atoms with Crippen LogP contribution in [0.25, 0.3) is 0 Å². The summed E-state index contributed by atoms with van der Waals surface area (Å²) >= 11 is 0. The Bertz CT molecular complexity index is 1020. The second-order valence-electron chi connectivity index (χ2n) is 13.2. The molecular formula is C30H47NO8. The molecule has 4 atom stereocenters. The second kappa shape index (κ2) is 13.9. The summed E-state index contributed by atoms with van der Waals surface area (Å²) in [7, 11) is 0. The third-order valence-corrected chi connectivity index (χ3v) is 6.02. The van der Waals surface area contributed by atoms with Gasteiger partial charge in [0.15, 0.2) is 11.5 Å². The number of esters is 3. The van der Waals surface area contributed by atoms with Crippen molar-refractivity contribution < 1.29 is 38.5 Å². The number of hydrogen-bond acceptors (Lipinski definition) is 8. The number of ether oxygens (including phenoxy) is 3.